The lowest BCUT2D eigenvalue weighted by atomic mass is 10.1. The number of halogens is 4. The van der Waals surface area contributed by atoms with Crippen LogP contribution in [-0.2, 0) is 10.0 Å². The van der Waals surface area contributed by atoms with Gasteiger partial charge < -0.3 is 14.8 Å². The number of ether oxygens (including phenoxy) is 2. The van der Waals surface area contributed by atoms with Crippen LogP contribution in [0.5, 0.6) is 17.4 Å². The monoisotopic (exact) mass is 605 g/mol. The van der Waals surface area contributed by atoms with E-state index in [9.17, 15) is 8.42 Å². The molecule has 1 fully saturated rings. The van der Waals surface area contributed by atoms with Gasteiger partial charge in [0, 0.05) is 25.1 Å². The second kappa shape index (κ2) is 10.1. The maximum absolute atomic E-state index is 13.0. The topological polar surface area (TPSA) is 89.5 Å². The summed E-state index contributed by atoms with van der Waals surface area (Å²) in [5.41, 5.74) is -0.110. The number of benzene rings is 2. The Hall–Kier alpha value is -1.75. The number of rotatable bonds is 7. The van der Waals surface area contributed by atoms with Crippen LogP contribution < -0.4 is 19.5 Å². The number of hydrogen-bond acceptors (Lipinski definition) is 6. The Labute approximate surface area is 220 Å². The molecular formula is C22H19BrCl3N3O4S. The molecule has 3 aromatic rings. The molecule has 0 unspecified atom stereocenters. The van der Waals surface area contributed by atoms with Crippen molar-refractivity contribution >= 4 is 66.4 Å². The lowest BCUT2D eigenvalue weighted by Crippen LogP contribution is -2.34. The van der Waals surface area contributed by atoms with Crippen LogP contribution in [0, 0.1) is 0 Å². The molecule has 4 rings (SSSR count). The highest BCUT2D eigenvalue weighted by Crippen LogP contribution is 2.35. The Balaban J connectivity index is 1.52. The molecule has 2 N–H and O–H groups in total. The highest BCUT2D eigenvalue weighted by atomic mass is 79.9. The van der Waals surface area contributed by atoms with Gasteiger partial charge >= 0.3 is 0 Å². The quantitative estimate of drug-likeness (QED) is 0.318. The number of pyridine rings is 1. The molecule has 0 aliphatic carbocycles. The van der Waals surface area contributed by atoms with Crippen LogP contribution in [0.1, 0.15) is 13.3 Å². The van der Waals surface area contributed by atoms with E-state index < -0.39 is 15.6 Å². The summed E-state index contributed by atoms with van der Waals surface area (Å²) in [5.74, 6) is 0.965. The van der Waals surface area contributed by atoms with Crippen molar-refractivity contribution in [2.75, 3.05) is 17.8 Å². The molecule has 1 aromatic heterocycles. The fraction of sp³-hybridized carbons (Fsp3) is 0.227. The molecule has 1 saturated heterocycles. The number of aromatic nitrogens is 1. The van der Waals surface area contributed by atoms with Crippen molar-refractivity contribution in [2.45, 2.75) is 23.8 Å². The fourth-order valence-electron chi connectivity index (χ4n) is 3.29. The first kappa shape index (κ1) is 25.3. The van der Waals surface area contributed by atoms with E-state index in [0.717, 1.165) is 13.0 Å². The normalized spacial score (nSPS) is 18.0. The average molecular weight is 608 g/mol. The van der Waals surface area contributed by atoms with Crippen molar-refractivity contribution in [2.24, 2.45) is 0 Å². The Bertz CT molecular complexity index is 1330. The Kier molecular flexibility index (Phi) is 7.52. The molecule has 0 amide bonds. The minimum atomic E-state index is -3.96. The molecule has 2 aromatic carbocycles. The minimum Gasteiger partial charge on any atom is -0.485 e. The van der Waals surface area contributed by atoms with E-state index in [2.05, 4.69) is 31.0 Å². The third-order valence-corrected chi connectivity index (χ3v) is 8.04. The van der Waals surface area contributed by atoms with E-state index in [-0.39, 0.29) is 10.8 Å². The van der Waals surface area contributed by atoms with Gasteiger partial charge in [-0.15, -0.1) is 0 Å². The molecule has 34 heavy (non-hydrogen) atoms. The number of anilines is 1. The maximum atomic E-state index is 13.0. The molecular weight excluding hydrogens is 589 g/mol. The van der Waals surface area contributed by atoms with E-state index in [1.807, 2.05) is 6.92 Å². The number of hydrogen-bond donors (Lipinski definition) is 2. The van der Waals surface area contributed by atoms with Gasteiger partial charge in [0.25, 0.3) is 10.0 Å². The van der Waals surface area contributed by atoms with Crippen LogP contribution in [0.3, 0.4) is 0 Å². The zero-order valence-electron chi connectivity index (χ0n) is 17.7. The van der Waals surface area contributed by atoms with Crippen LogP contribution in [0.25, 0.3) is 0 Å². The molecule has 1 aliphatic heterocycles. The summed E-state index contributed by atoms with van der Waals surface area (Å²) in [6.07, 6.45) is 2.01. The summed E-state index contributed by atoms with van der Waals surface area (Å²) < 4.78 is 40.6. The van der Waals surface area contributed by atoms with Gasteiger partial charge in [0.2, 0.25) is 5.88 Å². The van der Waals surface area contributed by atoms with Crippen LogP contribution in [-0.4, -0.2) is 32.1 Å². The van der Waals surface area contributed by atoms with E-state index in [4.69, 9.17) is 44.3 Å². The first-order valence-electron chi connectivity index (χ1n) is 10.1. The Morgan fingerprint density at radius 2 is 1.85 bits per heavy atom. The predicted octanol–water partition coefficient (Wildman–Crippen LogP) is 6.53. The van der Waals surface area contributed by atoms with E-state index in [1.54, 1.807) is 30.3 Å². The third-order valence-electron chi connectivity index (χ3n) is 5.07. The van der Waals surface area contributed by atoms with Crippen molar-refractivity contribution < 1.29 is 17.9 Å². The molecule has 0 bridgehead atoms. The molecule has 1 atom stereocenters. The van der Waals surface area contributed by atoms with Crippen molar-refractivity contribution in [3.63, 3.8) is 0 Å². The van der Waals surface area contributed by atoms with Gasteiger partial charge in [0.1, 0.15) is 22.0 Å². The van der Waals surface area contributed by atoms with E-state index in [1.165, 1.54) is 18.3 Å². The molecule has 0 radical (unpaired) electrons. The van der Waals surface area contributed by atoms with Crippen LogP contribution in [0.2, 0.25) is 15.1 Å². The maximum Gasteiger partial charge on any atom is 0.263 e. The van der Waals surface area contributed by atoms with Crippen molar-refractivity contribution in [3.05, 3.63) is 68.2 Å². The second-order valence-electron chi connectivity index (χ2n) is 7.87. The average Bonchev–Trinajstić information content (AvgIpc) is 3.20. The molecule has 0 spiro atoms. The summed E-state index contributed by atoms with van der Waals surface area (Å²) in [6.45, 7) is 3.49. The largest absolute Gasteiger partial charge is 0.485 e. The van der Waals surface area contributed by atoms with Gasteiger partial charge in [0.05, 0.1) is 31.4 Å². The number of nitrogens with zero attached hydrogens (tertiary/aromatic N) is 1. The highest BCUT2D eigenvalue weighted by molar-refractivity contribution is 9.10. The molecule has 0 saturated carbocycles. The smallest absolute Gasteiger partial charge is 0.263 e. The van der Waals surface area contributed by atoms with Crippen molar-refractivity contribution in [1.29, 1.82) is 0 Å². The molecule has 12 heteroatoms. The molecule has 180 valence electrons. The predicted molar refractivity (Wildman–Crippen MR) is 137 cm³/mol. The van der Waals surface area contributed by atoms with Crippen molar-refractivity contribution in [3.8, 4) is 17.4 Å². The van der Waals surface area contributed by atoms with Crippen LogP contribution in [0.15, 0.2) is 58.0 Å². The fourth-order valence-corrected chi connectivity index (χ4v) is 5.33. The van der Waals surface area contributed by atoms with E-state index in [0.29, 0.717) is 43.3 Å². The third kappa shape index (κ3) is 5.90. The van der Waals surface area contributed by atoms with Gasteiger partial charge in [-0.2, -0.15) is 0 Å². The highest BCUT2D eigenvalue weighted by Gasteiger charge is 2.31. The summed E-state index contributed by atoms with van der Waals surface area (Å²) >= 11 is 21.5. The van der Waals surface area contributed by atoms with Gasteiger partial charge in [-0.1, -0.05) is 34.8 Å². The minimum absolute atomic E-state index is 0.0646. The Morgan fingerprint density at radius 1 is 1.09 bits per heavy atom. The zero-order chi connectivity index (χ0) is 24.5. The SMILES string of the molecule is C[C@@]1(Oc2cc(NS(=O)(=O)c3cnc(Oc4ccc(Cl)c(Cl)c4)c(Br)c3)ccc2Cl)CCNC1. The van der Waals surface area contributed by atoms with Gasteiger partial charge in [0.15, 0.2) is 0 Å². The first-order valence-corrected chi connectivity index (χ1v) is 13.5. The number of nitrogens with one attached hydrogen (secondary N) is 2. The summed E-state index contributed by atoms with van der Waals surface area (Å²) in [5, 5.41) is 4.35. The van der Waals surface area contributed by atoms with Crippen molar-refractivity contribution in [1.82, 2.24) is 10.3 Å². The standard InChI is InChI=1S/C22H19BrCl3N3O4S/c1-22(6-7-27-12-22)33-20-8-13(2-4-18(20)25)29-34(30,31)15-10-16(23)21(28-11-15)32-14-3-5-17(24)19(26)9-14/h2-5,8-11,27,29H,6-7,12H2,1H3/t22-/m1/s1. The number of sulfonamides is 1. The van der Waals surface area contributed by atoms with Gasteiger partial charge in [-0.05, 0) is 59.7 Å². The van der Waals surface area contributed by atoms with Crippen LogP contribution in [0.4, 0.5) is 5.69 Å². The van der Waals surface area contributed by atoms with E-state index >= 15 is 0 Å². The molecule has 2 heterocycles. The molecule has 7 nitrogen and oxygen atoms in total. The second-order valence-corrected chi connectivity index (χ2v) is 11.6. The molecule has 1 aliphatic rings. The van der Waals surface area contributed by atoms with Crippen LogP contribution >= 0.6 is 50.7 Å². The summed E-state index contributed by atoms with van der Waals surface area (Å²) in [4.78, 5) is 4.06. The lowest BCUT2D eigenvalue weighted by Gasteiger charge is -2.25. The summed E-state index contributed by atoms with van der Waals surface area (Å²) in [7, 11) is -3.96. The summed E-state index contributed by atoms with van der Waals surface area (Å²) in [6, 6.07) is 10.8. The van der Waals surface area contributed by atoms with Gasteiger partial charge in [-0.25, -0.2) is 13.4 Å². The Morgan fingerprint density at radius 3 is 2.53 bits per heavy atom. The lowest BCUT2D eigenvalue weighted by molar-refractivity contribution is 0.111. The zero-order valence-corrected chi connectivity index (χ0v) is 22.4. The van der Waals surface area contributed by atoms with Gasteiger partial charge in [-0.3, -0.25) is 4.72 Å². The first-order chi connectivity index (χ1) is 16.0.